The van der Waals surface area contributed by atoms with Crippen molar-refractivity contribution in [2.24, 2.45) is 0 Å². The zero-order chi connectivity index (χ0) is 13.1. The molecule has 4 nitrogen and oxygen atoms in total. The summed E-state index contributed by atoms with van der Waals surface area (Å²) in [6.45, 7) is 2.76. The second kappa shape index (κ2) is 5.59. The van der Waals surface area contributed by atoms with Crippen LogP contribution in [0.5, 0.6) is 0 Å². The average Bonchev–Trinajstić information content (AvgIpc) is 2.76. The van der Waals surface area contributed by atoms with Crippen molar-refractivity contribution >= 4 is 23.1 Å². The minimum absolute atomic E-state index is 0.252. The Bertz CT molecular complexity index is 526. The van der Waals surface area contributed by atoms with Gasteiger partial charge < -0.3 is 14.0 Å². The summed E-state index contributed by atoms with van der Waals surface area (Å²) in [6.07, 6.45) is 1.98. The predicted molar refractivity (Wildman–Crippen MR) is 74.5 cm³/mol. The van der Waals surface area contributed by atoms with E-state index in [4.69, 9.17) is 16.3 Å². The van der Waals surface area contributed by atoms with Crippen LogP contribution in [0.2, 0.25) is 0 Å². The Morgan fingerprint density at radius 2 is 2.28 bits per heavy atom. The van der Waals surface area contributed by atoms with E-state index in [9.17, 15) is 0 Å². The Balaban J connectivity index is 2.43. The lowest BCUT2D eigenvalue weighted by atomic mass is 10.3. The van der Waals surface area contributed by atoms with Gasteiger partial charge in [0.05, 0.1) is 24.2 Å². The van der Waals surface area contributed by atoms with Crippen molar-refractivity contribution in [1.82, 2.24) is 9.38 Å². The Hall–Kier alpha value is -1.26. The van der Waals surface area contributed by atoms with E-state index in [2.05, 4.69) is 16.8 Å². The van der Waals surface area contributed by atoms with Gasteiger partial charge in [-0.25, -0.2) is 4.98 Å². The second-order valence-electron chi connectivity index (χ2n) is 4.36. The quantitative estimate of drug-likeness (QED) is 0.780. The molecule has 0 N–H and O–H groups in total. The molecule has 0 radical (unpaired) electrons. The van der Waals surface area contributed by atoms with Crippen molar-refractivity contribution in [2.75, 3.05) is 25.7 Å². The van der Waals surface area contributed by atoms with Crippen LogP contribution in [0.3, 0.4) is 0 Å². The highest BCUT2D eigenvalue weighted by Crippen LogP contribution is 2.23. The highest BCUT2D eigenvalue weighted by molar-refractivity contribution is 6.17. The van der Waals surface area contributed by atoms with Crippen LogP contribution >= 0.6 is 11.6 Å². The van der Waals surface area contributed by atoms with Gasteiger partial charge in [0.25, 0.3) is 0 Å². The summed E-state index contributed by atoms with van der Waals surface area (Å²) < 4.78 is 7.21. The molecule has 98 valence electrons. The number of hydrogen-bond acceptors (Lipinski definition) is 3. The molecule has 18 heavy (non-hydrogen) atoms. The molecule has 0 aliphatic carbocycles. The Morgan fingerprint density at radius 3 is 2.94 bits per heavy atom. The van der Waals surface area contributed by atoms with E-state index in [1.165, 1.54) is 0 Å². The number of methoxy groups -OCH3 is 1. The van der Waals surface area contributed by atoms with E-state index in [1.54, 1.807) is 7.11 Å². The van der Waals surface area contributed by atoms with Crippen LogP contribution in [-0.4, -0.2) is 36.2 Å². The first kappa shape index (κ1) is 13.2. The number of alkyl halides is 1. The zero-order valence-corrected chi connectivity index (χ0v) is 11.7. The summed E-state index contributed by atoms with van der Waals surface area (Å²) in [5.41, 5.74) is 1.93. The van der Waals surface area contributed by atoms with E-state index in [0.29, 0.717) is 12.5 Å². The summed E-state index contributed by atoms with van der Waals surface area (Å²) in [5, 5.41) is 0. The van der Waals surface area contributed by atoms with E-state index in [1.807, 2.05) is 35.8 Å². The van der Waals surface area contributed by atoms with Crippen molar-refractivity contribution in [3.05, 3.63) is 30.1 Å². The van der Waals surface area contributed by atoms with Gasteiger partial charge in [0.2, 0.25) is 0 Å². The van der Waals surface area contributed by atoms with Gasteiger partial charge in [0.15, 0.2) is 5.82 Å². The van der Waals surface area contributed by atoms with Crippen molar-refractivity contribution < 1.29 is 4.74 Å². The number of fused-ring (bicyclic) bond motifs is 1. The maximum atomic E-state index is 6.06. The molecule has 0 aliphatic rings. The normalized spacial score (nSPS) is 12.9. The maximum absolute atomic E-state index is 6.06. The predicted octanol–water partition coefficient (Wildman–Crippen LogP) is 2.54. The minimum atomic E-state index is 0.252. The number of hydrogen-bond donors (Lipinski definition) is 0. The first-order chi connectivity index (χ1) is 8.69. The number of pyridine rings is 1. The molecular formula is C13H18ClN3O. The third-order valence-corrected chi connectivity index (χ3v) is 3.39. The van der Waals surface area contributed by atoms with Gasteiger partial charge in [-0.3, -0.25) is 0 Å². The summed E-state index contributed by atoms with van der Waals surface area (Å²) in [5.74, 6) is 1.35. The first-order valence-corrected chi connectivity index (χ1v) is 6.46. The average molecular weight is 268 g/mol. The van der Waals surface area contributed by atoms with E-state index >= 15 is 0 Å². The molecule has 0 amide bonds. The van der Waals surface area contributed by atoms with Crippen LogP contribution in [0, 0.1) is 0 Å². The molecule has 0 aliphatic heterocycles. The highest BCUT2D eigenvalue weighted by atomic mass is 35.5. The fourth-order valence-corrected chi connectivity index (χ4v) is 2.25. The fourth-order valence-electron chi connectivity index (χ4n) is 2.00. The fraction of sp³-hybridized carbons (Fsp3) is 0.462. The molecule has 1 unspecified atom stereocenters. The summed E-state index contributed by atoms with van der Waals surface area (Å²) in [6, 6.07) is 6.19. The topological polar surface area (TPSA) is 29.8 Å². The number of likely N-dealkylation sites (N-methyl/N-ethyl adjacent to an activating group) is 1. The largest absolute Gasteiger partial charge is 0.383 e. The molecule has 1 atom stereocenters. The second-order valence-corrected chi connectivity index (χ2v) is 4.63. The SMILES string of the molecule is COCC(C)N(C)c1nc2ccccn2c1CCl. The molecule has 0 bridgehead atoms. The Kier molecular flexibility index (Phi) is 4.09. The van der Waals surface area contributed by atoms with Crippen molar-refractivity contribution in [2.45, 2.75) is 18.8 Å². The van der Waals surface area contributed by atoms with E-state index < -0.39 is 0 Å². The summed E-state index contributed by atoms with van der Waals surface area (Å²) >= 11 is 6.06. The van der Waals surface area contributed by atoms with Gasteiger partial charge in [-0.1, -0.05) is 6.07 Å². The lowest BCUT2D eigenvalue weighted by Gasteiger charge is -2.25. The number of ether oxygens (including phenoxy) is 1. The van der Waals surface area contributed by atoms with Gasteiger partial charge in [0, 0.05) is 20.4 Å². The molecule has 0 spiro atoms. The molecule has 0 saturated carbocycles. The smallest absolute Gasteiger partial charge is 0.152 e. The van der Waals surface area contributed by atoms with Crippen LogP contribution in [-0.2, 0) is 10.6 Å². The lowest BCUT2D eigenvalue weighted by molar-refractivity contribution is 0.183. The number of anilines is 1. The highest BCUT2D eigenvalue weighted by Gasteiger charge is 2.18. The number of halogens is 1. The standard InChI is InChI=1S/C13H18ClN3O/c1-10(9-18-3)16(2)13-11(8-14)17-7-5-4-6-12(17)15-13/h4-7,10H,8-9H2,1-3H3. The lowest BCUT2D eigenvalue weighted by Crippen LogP contribution is -2.33. The van der Waals surface area contributed by atoms with Crippen LogP contribution in [0.25, 0.3) is 5.65 Å². The number of aromatic nitrogens is 2. The molecule has 0 fully saturated rings. The monoisotopic (exact) mass is 267 g/mol. The maximum Gasteiger partial charge on any atom is 0.152 e. The van der Waals surface area contributed by atoms with Crippen molar-refractivity contribution in [3.8, 4) is 0 Å². The van der Waals surface area contributed by atoms with Crippen molar-refractivity contribution in [3.63, 3.8) is 0 Å². The molecule has 2 aromatic heterocycles. The number of imidazole rings is 1. The molecule has 0 saturated heterocycles. The Morgan fingerprint density at radius 1 is 1.50 bits per heavy atom. The molecule has 0 aromatic carbocycles. The van der Waals surface area contributed by atoms with Crippen molar-refractivity contribution in [1.29, 1.82) is 0 Å². The Labute approximate surface area is 112 Å². The van der Waals surface area contributed by atoms with Crippen LogP contribution < -0.4 is 4.90 Å². The molecule has 2 aromatic rings. The van der Waals surface area contributed by atoms with Gasteiger partial charge in [-0.15, -0.1) is 11.6 Å². The van der Waals surface area contributed by atoms with Gasteiger partial charge in [-0.2, -0.15) is 0 Å². The summed E-state index contributed by atoms with van der Waals surface area (Å²) in [7, 11) is 3.72. The van der Waals surface area contributed by atoms with Gasteiger partial charge >= 0.3 is 0 Å². The zero-order valence-electron chi connectivity index (χ0n) is 10.9. The third-order valence-electron chi connectivity index (χ3n) is 3.14. The van der Waals surface area contributed by atoms with E-state index in [-0.39, 0.29) is 6.04 Å². The van der Waals surface area contributed by atoms with Crippen LogP contribution in [0.4, 0.5) is 5.82 Å². The third kappa shape index (κ3) is 2.31. The number of nitrogens with zero attached hydrogens (tertiary/aromatic N) is 3. The van der Waals surface area contributed by atoms with E-state index in [0.717, 1.165) is 17.2 Å². The van der Waals surface area contributed by atoms with Gasteiger partial charge in [0.1, 0.15) is 5.65 Å². The minimum Gasteiger partial charge on any atom is -0.383 e. The molecule has 2 rings (SSSR count). The molecule has 2 heterocycles. The molecule has 5 heteroatoms. The summed E-state index contributed by atoms with van der Waals surface area (Å²) in [4.78, 5) is 6.74. The molecular weight excluding hydrogens is 250 g/mol. The van der Waals surface area contributed by atoms with Crippen LogP contribution in [0.1, 0.15) is 12.6 Å². The number of rotatable bonds is 5. The van der Waals surface area contributed by atoms with Crippen LogP contribution in [0.15, 0.2) is 24.4 Å². The van der Waals surface area contributed by atoms with Gasteiger partial charge in [-0.05, 0) is 19.1 Å². The first-order valence-electron chi connectivity index (χ1n) is 5.92.